The SMILES string of the molecule is CCCCCC(=O)Nc1cccc(CBr)n1. The summed E-state index contributed by atoms with van der Waals surface area (Å²) in [6, 6.07) is 5.62. The van der Waals surface area contributed by atoms with Crippen LogP contribution in [-0.2, 0) is 10.1 Å². The van der Waals surface area contributed by atoms with Crippen molar-refractivity contribution < 1.29 is 4.79 Å². The van der Waals surface area contributed by atoms with Gasteiger partial charge in [0.2, 0.25) is 5.91 Å². The zero-order valence-electron chi connectivity index (χ0n) is 9.50. The quantitative estimate of drug-likeness (QED) is 0.642. The number of carbonyl (C=O) groups excluding carboxylic acids is 1. The third kappa shape index (κ3) is 4.75. The van der Waals surface area contributed by atoms with Crippen LogP contribution in [0.4, 0.5) is 5.82 Å². The molecule has 1 aromatic rings. The molecular formula is C12H17BrN2O. The van der Waals surface area contributed by atoms with Crippen molar-refractivity contribution in [2.75, 3.05) is 5.32 Å². The Balaban J connectivity index is 2.43. The van der Waals surface area contributed by atoms with Gasteiger partial charge in [-0.2, -0.15) is 0 Å². The molecule has 0 spiro atoms. The van der Waals surface area contributed by atoms with E-state index in [4.69, 9.17) is 0 Å². The predicted octanol–water partition coefficient (Wildman–Crippen LogP) is 3.50. The topological polar surface area (TPSA) is 42.0 Å². The second kappa shape index (κ2) is 7.39. The van der Waals surface area contributed by atoms with Gasteiger partial charge >= 0.3 is 0 Å². The monoisotopic (exact) mass is 284 g/mol. The normalized spacial score (nSPS) is 10.1. The summed E-state index contributed by atoms with van der Waals surface area (Å²) in [5, 5.41) is 3.51. The van der Waals surface area contributed by atoms with Gasteiger partial charge in [0, 0.05) is 11.8 Å². The number of carbonyl (C=O) groups is 1. The number of nitrogens with one attached hydrogen (secondary N) is 1. The molecule has 0 saturated carbocycles. The number of hydrogen-bond acceptors (Lipinski definition) is 2. The van der Waals surface area contributed by atoms with E-state index in [1.54, 1.807) is 0 Å². The van der Waals surface area contributed by atoms with Crippen LogP contribution in [0.25, 0.3) is 0 Å². The molecule has 0 aliphatic carbocycles. The van der Waals surface area contributed by atoms with E-state index in [0.717, 1.165) is 25.0 Å². The predicted molar refractivity (Wildman–Crippen MR) is 69.6 cm³/mol. The second-order valence-corrected chi connectivity index (χ2v) is 4.21. The van der Waals surface area contributed by atoms with E-state index in [1.807, 2.05) is 18.2 Å². The maximum Gasteiger partial charge on any atom is 0.225 e. The number of pyridine rings is 1. The van der Waals surface area contributed by atoms with Gasteiger partial charge in [-0.25, -0.2) is 4.98 Å². The van der Waals surface area contributed by atoms with E-state index >= 15 is 0 Å². The van der Waals surface area contributed by atoms with Crippen LogP contribution in [0.3, 0.4) is 0 Å². The third-order valence-electron chi connectivity index (χ3n) is 2.22. The first-order valence-corrected chi connectivity index (χ1v) is 6.70. The van der Waals surface area contributed by atoms with Gasteiger partial charge in [-0.05, 0) is 18.6 Å². The maximum absolute atomic E-state index is 11.5. The summed E-state index contributed by atoms with van der Waals surface area (Å²) in [5.74, 6) is 0.686. The summed E-state index contributed by atoms with van der Waals surface area (Å²) >= 11 is 3.33. The lowest BCUT2D eigenvalue weighted by Gasteiger charge is -2.05. The van der Waals surface area contributed by atoms with Crippen LogP contribution in [0.5, 0.6) is 0 Å². The Morgan fingerprint density at radius 2 is 2.25 bits per heavy atom. The second-order valence-electron chi connectivity index (χ2n) is 3.65. The van der Waals surface area contributed by atoms with E-state index < -0.39 is 0 Å². The van der Waals surface area contributed by atoms with Gasteiger partial charge in [-0.15, -0.1) is 0 Å². The number of hydrogen-bond donors (Lipinski definition) is 1. The minimum absolute atomic E-state index is 0.0488. The van der Waals surface area contributed by atoms with Crippen molar-refractivity contribution in [3.63, 3.8) is 0 Å². The number of unbranched alkanes of at least 4 members (excludes halogenated alkanes) is 2. The van der Waals surface area contributed by atoms with Crippen LogP contribution in [0.2, 0.25) is 0 Å². The summed E-state index contributed by atoms with van der Waals surface area (Å²) in [7, 11) is 0. The van der Waals surface area contributed by atoms with Crippen LogP contribution in [0, 0.1) is 0 Å². The number of aromatic nitrogens is 1. The third-order valence-corrected chi connectivity index (χ3v) is 2.79. The molecule has 1 heterocycles. The molecule has 0 aliphatic rings. The van der Waals surface area contributed by atoms with Crippen molar-refractivity contribution in [2.45, 2.75) is 37.9 Å². The van der Waals surface area contributed by atoms with Crippen molar-refractivity contribution in [1.82, 2.24) is 4.98 Å². The van der Waals surface area contributed by atoms with E-state index in [9.17, 15) is 4.79 Å². The molecule has 3 nitrogen and oxygen atoms in total. The molecule has 1 aromatic heterocycles. The molecule has 0 saturated heterocycles. The number of alkyl halides is 1. The van der Waals surface area contributed by atoms with Crippen LogP contribution in [0.1, 0.15) is 38.3 Å². The minimum Gasteiger partial charge on any atom is -0.311 e. The molecular weight excluding hydrogens is 268 g/mol. The van der Waals surface area contributed by atoms with Crippen LogP contribution in [-0.4, -0.2) is 10.9 Å². The molecule has 1 N–H and O–H groups in total. The minimum atomic E-state index is 0.0488. The Bertz CT molecular complexity index is 342. The van der Waals surface area contributed by atoms with Crippen molar-refractivity contribution in [3.05, 3.63) is 23.9 Å². The first kappa shape index (κ1) is 13.2. The number of halogens is 1. The Morgan fingerprint density at radius 3 is 2.94 bits per heavy atom. The zero-order valence-corrected chi connectivity index (χ0v) is 11.1. The van der Waals surface area contributed by atoms with E-state index in [-0.39, 0.29) is 5.91 Å². The molecule has 0 atom stereocenters. The van der Waals surface area contributed by atoms with Crippen LogP contribution >= 0.6 is 15.9 Å². The average Bonchev–Trinajstić information content (AvgIpc) is 2.29. The van der Waals surface area contributed by atoms with Gasteiger partial charge in [-0.1, -0.05) is 41.8 Å². The molecule has 1 amide bonds. The van der Waals surface area contributed by atoms with Crippen molar-refractivity contribution in [3.8, 4) is 0 Å². The molecule has 1 rings (SSSR count). The first-order chi connectivity index (χ1) is 7.76. The summed E-state index contributed by atoms with van der Waals surface area (Å²) in [6.07, 6.45) is 3.75. The lowest BCUT2D eigenvalue weighted by atomic mass is 10.2. The van der Waals surface area contributed by atoms with Gasteiger partial charge in [0.1, 0.15) is 5.82 Å². The smallest absolute Gasteiger partial charge is 0.225 e. The highest BCUT2D eigenvalue weighted by atomic mass is 79.9. The highest BCUT2D eigenvalue weighted by Gasteiger charge is 2.03. The fourth-order valence-electron chi connectivity index (χ4n) is 1.36. The maximum atomic E-state index is 11.5. The zero-order chi connectivity index (χ0) is 11.8. The number of rotatable bonds is 6. The molecule has 88 valence electrons. The first-order valence-electron chi connectivity index (χ1n) is 5.58. The van der Waals surface area contributed by atoms with E-state index in [1.165, 1.54) is 0 Å². The molecule has 0 bridgehead atoms. The average molecular weight is 285 g/mol. The molecule has 0 fully saturated rings. The molecule has 0 aliphatic heterocycles. The Morgan fingerprint density at radius 1 is 1.44 bits per heavy atom. The van der Waals surface area contributed by atoms with Gasteiger partial charge in [-0.3, -0.25) is 4.79 Å². The number of nitrogens with zero attached hydrogens (tertiary/aromatic N) is 1. The summed E-state index contributed by atoms with van der Waals surface area (Å²) < 4.78 is 0. The highest BCUT2D eigenvalue weighted by molar-refractivity contribution is 9.08. The lowest BCUT2D eigenvalue weighted by molar-refractivity contribution is -0.116. The van der Waals surface area contributed by atoms with Crippen LogP contribution < -0.4 is 5.32 Å². The Labute approximate surface area is 105 Å². The van der Waals surface area contributed by atoms with Gasteiger partial charge in [0.25, 0.3) is 0 Å². The summed E-state index contributed by atoms with van der Waals surface area (Å²) in [6.45, 7) is 2.12. The van der Waals surface area contributed by atoms with Gasteiger partial charge < -0.3 is 5.32 Å². The fourth-order valence-corrected chi connectivity index (χ4v) is 1.68. The molecule has 4 heteroatoms. The summed E-state index contributed by atoms with van der Waals surface area (Å²) in [4.78, 5) is 15.8. The van der Waals surface area contributed by atoms with E-state index in [2.05, 4.69) is 33.2 Å². The van der Waals surface area contributed by atoms with Crippen molar-refractivity contribution in [1.29, 1.82) is 0 Å². The molecule has 0 aromatic carbocycles. The molecule has 0 radical (unpaired) electrons. The molecule has 16 heavy (non-hydrogen) atoms. The Hall–Kier alpha value is -0.900. The molecule has 0 unspecified atom stereocenters. The largest absolute Gasteiger partial charge is 0.311 e. The van der Waals surface area contributed by atoms with Crippen molar-refractivity contribution >= 4 is 27.7 Å². The van der Waals surface area contributed by atoms with Gasteiger partial charge in [0.15, 0.2) is 0 Å². The van der Waals surface area contributed by atoms with Crippen molar-refractivity contribution in [2.24, 2.45) is 0 Å². The number of amides is 1. The highest BCUT2D eigenvalue weighted by Crippen LogP contribution is 2.09. The van der Waals surface area contributed by atoms with Crippen LogP contribution in [0.15, 0.2) is 18.2 Å². The standard InChI is InChI=1S/C12H17BrN2O/c1-2-3-4-8-12(16)15-11-7-5-6-10(9-13)14-11/h5-7H,2-4,8-9H2,1H3,(H,14,15,16). The fraction of sp³-hybridized carbons (Fsp3) is 0.500. The summed E-state index contributed by atoms with van der Waals surface area (Å²) in [5.41, 5.74) is 0.923. The number of anilines is 1. The van der Waals surface area contributed by atoms with Gasteiger partial charge in [0.05, 0.1) is 5.69 Å². The lowest BCUT2D eigenvalue weighted by Crippen LogP contribution is -2.12. The Kier molecular flexibility index (Phi) is 6.08. The van der Waals surface area contributed by atoms with E-state index in [0.29, 0.717) is 17.6 Å².